The highest BCUT2D eigenvalue weighted by molar-refractivity contribution is 5.65. The fraction of sp³-hybridized carbons (Fsp3) is 0.531. The molecule has 1 unspecified atom stereocenters. The van der Waals surface area contributed by atoms with Gasteiger partial charge in [0, 0.05) is 11.1 Å². The third-order valence-electron chi connectivity index (χ3n) is 8.11. The van der Waals surface area contributed by atoms with Crippen LogP contribution < -0.4 is 4.57 Å². The highest BCUT2D eigenvalue weighted by Gasteiger charge is 2.32. The van der Waals surface area contributed by atoms with Crippen molar-refractivity contribution in [3.63, 3.8) is 0 Å². The summed E-state index contributed by atoms with van der Waals surface area (Å²) in [6.07, 6.45) is 11.9. The summed E-state index contributed by atoms with van der Waals surface area (Å²) in [6.45, 7) is 16.4. The average Bonchev–Trinajstić information content (AvgIpc) is 3.23. The first-order valence-corrected chi connectivity index (χ1v) is 13.6. The number of aromatic nitrogens is 2. The van der Waals surface area contributed by atoms with Gasteiger partial charge >= 0.3 is 0 Å². The van der Waals surface area contributed by atoms with Crippen LogP contribution >= 0.6 is 0 Å². The molecular weight excluding hydrogens is 412 g/mol. The summed E-state index contributed by atoms with van der Waals surface area (Å²) in [5.74, 6) is 2.27. The van der Waals surface area contributed by atoms with Gasteiger partial charge in [-0.05, 0) is 48.1 Å². The van der Waals surface area contributed by atoms with Gasteiger partial charge in [0.2, 0.25) is 0 Å². The Kier molecular flexibility index (Phi) is 8.79. The lowest BCUT2D eigenvalue weighted by Crippen LogP contribution is -2.31. The first-order chi connectivity index (χ1) is 16.3. The van der Waals surface area contributed by atoms with Crippen molar-refractivity contribution in [1.29, 1.82) is 0 Å². The zero-order chi connectivity index (χ0) is 24.9. The molecule has 3 aromatic rings. The normalized spacial score (nSPS) is 13.0. The molecule has 184 valence electrons. The summed E-state index contributed by atoms with van der Waals surface area (Å²) >= 11 is 0. The van der Waals surface area contributed by atoms with Crippen LogP contribution in [0.5, 0.6) is 0 Å². The van der Waals surface area contributed by atoms with E-state index >= 15 is 0 Å². The van der Waals surface area contributed by atoms with E-state index in [1.807, 2.05) is 0 Å². The van der Waals surface area contributed by atoms with E-state index in [0.717, 1.165) is 12.8 Å². The predicted molar refractivity (Wildman–Crippen MR) is 147 cm³/mol. The third kappa shape index (κ3) is 5.16. The Morgan fingerprint density at radius 3 is 2.21 bits per heavy atom. The Balaban J connectivity index is 2.27. The number of rotatable bonds is 11. The van der Waals surface area contributed by atoms with Crippen LogP contribution in [-0.4, -0.2) is 4.57 Å². The number of imidazole rings is 1. The summed E-state index contributed by atoms with van der Waals surface area (Å²) in [5, 5.41) is 0. The molecule has 0 saturated carbocycles. The molecular formula is C32H47N2+. The van der Waals surface area contributed by atoms with Gasteiger partial charge in [0.1, 0.15) is 18.1 Å². The molecule has 1 aromatic heterocycles. The highest BCUT2D eigenvalue weighted by Crippen LogP contribution is 2.40. The molecule has 0 saturated heterocycles. The lowest BCUT2D eigenvalue weighted by atomic mass is 9.75. The molecule has 0 bridgehead atoms. The van der Waals surface area contributed by atoms with Crippen LogP contribution in [0.4, 0.5) is 0 Å². The van der Waals surface area contributed by atoms with E-state index in [2.05, 4.69) is 120 Å². The second-order valence-corrected chi connectivity index (χ2v) is 10.8. The second-order valence-electron chi connectivity index (χ2n) is 10.8. The van der Waals surface area contributed by atoms with Crippen LogP contribution in [0.15, 0.2) is 54.9 Å². The van der Waals surface area contributed by atoms with Crippen molar-refractivity contribution in [2.45, 2.75) is 104 Å². The monoisotopic (exact) mass is 459 g/mol. The van der Waals surface area contributed by atoms with Gasteiger partial charge in [-0.2, -0.15) is 4.57 Å². The minimum Gasteiger partial charge on any atom is -0.232 e. The summed E-state index contributed by atoms with van der Waals surface area (Å²) in [4.78, 5) is 0. The standard InChI is InChI=1S/C32H47N2/c1-9-12-13-17-25(6)27-20-16-19-26(24(4)5)30(27)34-23-22-33(8)31(34)28-18-14-15-21-29(28)32(7,10-2)11-3/h14-16,18-25H,9-13,17H2,1-8H3/q+1. The molecule has 0 spiro atoms. The molecule has 2 nitrogen and oxygen atoms in total. The fourth-order valence-corrected chi connectivity index (χ4v) is 5.39. The van der Waals surface area contributed by atoms with Crippen molar-refractivity contribution in [1.82, 2.24) is 4.57 Å². The van der Waals surface area contributed by atoms with E-state index in [9.17, 15) is 0 Å². The number of para-hydroxylation sites is 1. The van der Waals surface area contributed by atoms with Crippen molar-refractivity contribution in [2.75, 3.05) is 0 Å². The van der Waals surface area contributed by atoms with Crippen molar-refractivity contribution in [2.24, 2.45) is 7.05 Å². The van der Waals surface area contributed by atoms with Gasteiger partial charge in [-0.15, -0.1) is 0 Å². The molecule has 0 aliphatic carbocycles. The second kappa shape index (κ2) is 11.4. The Hall–Kier alpha value is -2.35. The molecule has 2 aromatic carbocycles. The molecule has 0 amide bonds. The molecule has 3 rings (SSSR count). The van der Waals surface area contributed by atoms with Crippen LogP contribution in [0.3, 0.4) is 0 Å². The minimum atomic E-state index is 0.159. The largest absolute Gasteiger partial charge is 0.294 e. The summed E-state index contributed by atoms with van der Waals surface area (Å²) in [7, 11) is 2.19. The van der Waals surface area contributed by atoms with Gasteiger partial charge in [0.25, 0.3) is 5.82 Å². The van der Waals surface area contributed by atoms with Gasteiger partial charge in [-0.1, -0.05) is 104 Å². The average molecular weight is 460 g/mol. The fourth-order valence-electron chi connectivity index (χ4n) is 5.39. The van der Waals surface area contributed by atoms with E-state index in [1.165, 1.54) is 59.4 Å². The number of hydrogen-bond donors (Lipinski definition) is 0. The van der Waals surface area contributed by atoms with Gasteiger partial charge in [0.05, 0.1) is 12.6 Å². The smallest absolute Gasteiger partial charge is 0.232 e. The lowest BCUT2D eigenvalue weighted by molar-refractivity contribution is -0.659. The van der Waals surface area contributed by atoms with Crippen molar-refractivity contribution in [3.05, 3.63) is 71.5 Å². The van der Waals surface area contributed by atoms with Crippen LogP contribution in [0.1, 0.15) is 116 Å². The number of hydrogen-bond acceptors (Lipinski definition) is 0. The van der Waals surface area contributed by atoms with Crippen molar-refractivity contribution in [3.8, 4) is 17.1 Å². The SMILES string of the molecule is CCCCCC(C)c1cccc(C(C)C)c1-n1cc[n+](C)c1-c1ccccc1C(C)(CC)CC. The number of unbranched alkanes of at least 4 members (excludes halogenated alkanes) is 2. The molecule has 0 aliphatic rings. The Morgan fingerprint density at radius 2 is 1.56 bits per heavy atom. The van der Waals surface area contributed by atoms with Crippen LogP contribution in [0.2, 0.25) is 0 Å². The maximum Gasteiger partial charge on any atom is 0.294 e. The zero-order valence-corrected chi connectivity index (χ0v) is 23.0. The number of aryl methyl sites for hydroxylation is 1. The van der Waals surface area contributed by atoms with E-state index in [-0.39, 0.29) is 5.41 Å². The predicted octanol–water partition coefficient (Wildman–Crippen LogP) is 8.85. The quantitative estimate of drug-likeness (QED) is 0.200. The van der Waals surface area contributed by atoms with Crippen LogP contribution in [-0.2, 0) is 12.5 Å². The molecule has 0 aliphatic heterocycles. The molecule has 0 N–H and O–H groups in total. The van der Waals surface area contributed by atoms with E-state index in [1.54, 1.807) is 0 Å². The van der Waals surface area contributed by atoms with E-state index in [4.69, 9.17) is 0 Å². The maximum atomic E-state index is 2.49. The van der Waals surface area contributed by atoms with Crippen LogP contribution in [0.25, 0.3) is 17.1 Å². The number of benzene rings is 2. The Bertz CT molecular complexity index is 1070. The first kappa shape index (κ1) is 26.3. The minimum absolute atomic E-state index is 0.159. The molecule has 1 heterocycles. The first-order valence-electron chi connectivity index (χ1n) is 13.6. The molecule has 0 radical (unpaired) electrons. The molecule has 34 heavy (non-hydrogen) atoms. The molecule has 2 heteroatoms. The molecule has 0 fully saturated rings. The molecule has 1 atom stereocenters. The van der Waals surface area contributed by atoms with E-state index < -0.39 is 0 Å². The highest BCUT2D eigenvalue weighted by atomic mass is 15.1. The maximum absolute atomic E-state index is 2.49. The summed E-state index contributed by atoms with van der Waals surface area (Å²) < 4.78 is 4.80. The zero-order valence-electron chi connectivity index (χ0n) is 23.0. The Labute approximate surface area is 209 Å². The van der Waals surface area contributed by atoms with Crippen molar-refractivity contribution < 1.29 is 4.57 Å². The van der Waals surface area contributed by atoms with Gasteiger partial charge < -0.3 is 0 Å². The van der Waals surface area contributed by atoms with Gasteiger partial charge in [-0.3, -0.25) is 0 Å². The van der Waals surface area contributed by atoms with E-state index in [0.29, 0.717) is 11.8 Å². The Morgan fingerprint density at radius 1 is 0.882 bits per heavy atom. The topological polar surface area (TPSA) is 8.81 Å². The summed E-state index contributed by atoms with van der Waals surface area (Å²) in [5.41, 5.74) is 7.27. The lowest BCUT2D eigenvalue weighted by Gasteiger charge is -2.29. The van der Waals surface area contributed by atoms with Crippen LogP contribution in [0, 0.1) is 0 Å². The van der Waals surface area contributed by atoms with Crippen molar-refractivity contribution >= 4 is 0 Å². The summed E-state index contributed by atoms with van der Waals surface area (Å²) in [6, 6.07) is 16.1. The third-order valence-corrected chi connectivity index (χ3v) is 8.11. The number of nitrogens with zero attached hydrogens (tertiary/aromatic N) is 2. The van der Waals surface area contributed by atoms with Gasteiger partial charge in [0.15, 0.2) is 0 Å². The van der Waals surface area contributed by atoms with Gasteiger partial charge in [-0.25, -0.2) is 4.57 Å².